The van der Waals surface area contributed by atoms with Crippen LogP contribution in [0.25, 0.3) is 4.85 Å². The highest BCUT2D eigenvalue weighted by Gasteiger charge is 2.46. The minimum atomic E-state index is -0.669. The molecule has 0 radical (unpaired) electrons. The molecule has 0 amide bonds. The van der Waals surface area contributed by atoms with E-state index in [1.54, 1.807) is 13.1 Å². The van der Waals surface area contributed by atoms with E-state index in [-0.39, 0.29) is 38.3 Å². The Morgan fingerprint density at radius 1 is 1.26 bits per heavy atom. The summed E-state index contributed by atoms with van der Waals surface area (Å²) in [6.07, 6.45) is 4.37. The average Bonchev–Trinajstić information content (AvgIpc) is 3.12. The maximum atomic E-state index is 14.5. The molecule has 10 heteroatoms. The number of aromatic nitrogens is 3. The molecule has 3 heterocycles. The number of nitrogens with two attached hydrogens (primary N) is 2. The van der Waals surface area contributed by atoms with Crippen LogP contribution in [0.3, 0.4) is 0 Å². The SMILES string of the molecule is [C-]#[N+]c1cccc(Sc2c(N)nc(N3CCC4(CC3)Cc3ncccc3[C@H]4N)n(C)c2=O)c1F. The van der Waals surface area contributed by atoms with Crippen LogP contribution in [0.15, 0.2) is 51.1 Å². The van der Waals surface area contributed by atoms with Crippen molar-refractivity contribution >= 4 is 29.2 Å². The molecule has 2 aliphatic rings. The van der Waals surface area contributed by atoms with Gasteiger partial charge in [0.05, 0.1) is 6.57 Å². The van der Waals surface area contributed by atoms with Gasteiger partial charge in [0.1, 0.15) is 16.5 Å². The molecule has 174 valence electrons. The fourth-order valence-electron chi connectivity index (χ4n) is 5.03. The van der Waals surface area contributed by atoms with Crippen molar-refractivity contribution in [3.63, 3.8) is 0 Å². The zero-order valence-corrected chi connectivity index (χ0v) is 19.5. The zero-order chi connectivity index (χ0) is 24.0. The lowest BCUT2D eigenvalue weighted by Crippen LogP contribution is -2.46. The summed E-state index contributed by atoms with van der Waals surface area (Å²) in [5.74, 6) is -0.137. The fraction of sp³-hybridized carbons (Fsp3) is 0.333. The standard InChI is InChI=1S/C24H24FN7OS/c1-28-15-6-3-7-17(18(15)25)34-19-21(27)30-23(31(2)22(19)33)32-11-8-24(9-12-32)13-16-14(20(24)26)5-4-10-29-16/h3-7,10,20H,8-9,11-13,26-27H2,2H3/t20-/m1/s1. The van der Waals surface area contributed by atoms with E-state index >= 15 is 0 Å². The highest BCUT2D eigenvalue weighted by molar-refractivity contribution is 7.99. The Morgan fingerprint density at radius 2 is 2.03 bits per heavy atom. The second-order valence-corrected chi connectivity index (χ2v) is 9.89. The van der Waals surface area contributed by atoms with Crippen molar-refractivity contribution in [1.29, 1.82) is 0 Å². The molecular weight excluding hydrogens is 453 g/mol. The van der Waals surface area contributed by atoms with Gasteiger partial charge in [-0.25, -0.2) is 9.24 Å². The van der Waals surface area contributed by atoms with E-state index in [1.165, 1.54) is 16.7 Å². The van der Waals surface area contributed by atoms with E-state index in [0.29, 0.717) is 19.0 Å². The number of hydrogen-bond acceptors (Lipinski definition) is 7. The third-order valence-electron chi connectivity index (χ3n) is 7.01. The molecule has 0 bridgehead atoms. The van der Waals surface area contributed by atoms with E-state index in [1.807, 2.05) is 12.3 Å². The van der Waals surface area contributed by atoms with Crippen LogP contribution in [-0.4, -0.2) is 27.6 Å². The number of anilines is 2. The van der Waals surface area contributed by atoms with E-state index in [9.17, 15) is 9.18 Å². The van der Waals surface area contributed by atoms with Crippen molar-refractivity contribution in [2.24, 2.45) is 18.2 Å². The second kappa shape index (κ2) is 8.42. The lowest BCUT2D eigenvalue weighted by atomic mass is 9.73. The minimum Gasteiger partial charge on any atom is -0.382 e. The topological polar surface area (TPSA) is 107 Å². The number of nitrogen functional groups attached to an aromatic ring is 1. The predicted octanol–water partition coefficient (Wildman–Crippen LogP) is 3.44. The number of piperidine rings is 1. The second-order valence-electron chi connectivity index (χ2n) is 8.84. The highest BCUT2D eigenvalue weighted by Crippen LogP contribution is 2.50. The number of pyridine rings is 1. The fourth-order valence-corrected chi connectivity index (χ4v) is 5.97. The first-order chi connectivity index (χ1) is 16.3. The molecule has 34 heavy (non-hydrogen) atoms. The summed E-state index contributed by atoms with van der Waals surface area (Å²) < 4.78 is 16.0. The molecule has 1 aromatic carbocycles. The average molecular weight is 478 g/mol. The monoisotopic (exact) mass is 477 g/mol. The van der Waals surface area contributed by atoms with Gasteiger partial charge in [0.2, 0.25) is 11.6 Å². The molecular formula is C24H24FN7OS. The number of halogens is 1. The summed E-state index contributed by atoms with van der Waals surface area (Å²) in [4.78, 5) is 27.7. The normalized spacial score (nSPS) is 18.6. The lowest BCUT2D eigenvalue weighted by molar-refractivity contribution is 0.185. The molecule has 1 atom stereocenters. The quantitative estimate of drug-likeness (QED) is 0.557. The van der Waals surface area contributed by atoms with Gasteiger partial charge in [-0.05, 0) is 42.4 Å². The van der Waals surface area contributed by atoms with Crippen molar-refractivity contribution < 1.29 is 4.39 Å². The predicted molar refractivity (Wildman–Crippen MR) is 129 cm³/mol. The summed E-state index contributed by atoms with van der Waals surface area (Å²) >= 11 is 0.894. The molecule has 1 aliphatic carbocycles. The molecule has 1 aliphatic heterocycles. The van der Waals surface area contributed by atoms with Crippen LogP contribution in [0, 0.1) is 17.8 Å². The summed E-state index contributed by atoms with van der Waals surface area (Å²) in [6.45, 7) is 8.47. The molecule has 2 aromatic heterocycles. The summed E-state index contributed by atoms with van der Waals surface area (Å²) in [7, 11) is 1.64. The van der Waals surface area contributed by atoms with Crippen LogP contribution in [0.4, 0.5) is 21.8 Å². The molecule has 4 N–H and O–H groups in total. The van der Waals surface area contributed by atoms with Gasteiger partial charge in [0, 0.05) is 43.0 Å². The molecule has 5 rings (SSSR count). The Hall–Kier alpha value is -3.42. The van der Waals surface area contributed by atoms with E-state index in [4.69, 9.17) is 18.0 Å². The van der Waals surface area contributed by atoms with Crippen LogP contribution >= 0.6 is 11.8 Å². The Kier molecular flexibility index (Phi) is 5.54. The Balaban J connectivity index is 1.38. The van der Waals surface area contributed by atoms with Crippen molar-refractivity contribution in [2.45, 2.75) is 35.1 Å². The number of rotatable bonds is 3. The number of hydrogen-bond donors (Lipinski definition) is 2. The zero-order valence-electron chi connectivity index (χ0n) is 18.7. The van der Waals surface area contributed by atoms with Gasteiger partial charge < -0.3 is 16.4 Å². The molecule has 0 saturated carbocycles. The van der Waals surface area contributed by atoms with Crippen molar-refractivity contribution in [2.75, 3.05) is 23.7 Å². The lowest BCUT2D eigenvalue weighted by Gasteiger charge is -2.42. The van der Waals surface area contributed by atoms with Crippen LogP contribution in [0.5, 0.6) is 0 Å². The first kappa shape index (κ1) is 22.4. The molecule has 0 unspecified atom stereocenters. The van der Waals surface area contributed by atoms with Gasteiger partial charge in [-0.3, -0.25) is 14.3 Å². The number of nitrogens with zero attached hydrogens (tertiary/aromatic N) is 5. The molecule has 1 spiro atoms. The van der Waals surface area contributed by atoms with E-state index in [2.05, 4.69) is 25.8 Å². The smallest absolute Gasteiger partial charge is 0.270 e. The van der Waals surface area contributed by atoms with Gasteiger partial charge >= 0.3 is 0 Å². The van der Waals surface area contributed by atoms with E-state index in [0.717, 1.165) is 42.3 Å². The van der Waals surface area contributed by atoms with Crippen LogP contribution in [-0.2, 0) is 13.5 Å². The van der Waals surface area contributed by atoms with Gasteiger partial charge in [-0.2, -0.15) is 4.98 Å². The highest BCUT2D eigenvalue weighted by atomic mass is 32.2. The minimum absolute atomic E-state index is 0.0428. The summed E-state index contributed by atoms with van der Waals surface area (Å²) in [5.41, 5.74) is 14.5. The van der Waals surface area contributed by atoms with Gasteiger partial charge in [-0.1, -0.05) is 30.0 Å². The van der Waals surface area contributed by atoms with Gasteiger partial charge in [0.25, 0.3) is 5.56 Å². The van der Waals surface area contributed by atoms with Crippen LogP contribution in [0.2, 0.25) is 0 Å². The molecule has 1 fully saturated rings. The third-order valence-corrected chi connectivity index (χ3v) is 8.13. The Labute approximate surface area is 200 Å². The van der Waals surface area contributed by atoms with Gasteiger partial charge in [0.15, 0.2) is 0 Å². The first-order valence-electron chi connectivity index (χ1n) is 11.0. The van der Waals surface area contributed by atoms with Gasteiger partial charge in [-0.15, -0.1) is 0 Å². The largest absolute Gasteiger partial charge is 0.382 e. The molecule has 1 saturated heterocycles. The molecule has 8 nitrogen and oxygen atoms in total. The van der Waals surface area contributed by atoms with Crippen LogP contribution in [0.1, 0.15) is 30.1 Å². The summed E-state index contributed by atoms with van der Waals surface area (Å²) in [5, 5.41) is 0. The van der Waals surface area contributed by atoms with Crippen molar-refractivity contribution in [3.05, 3.63) is 75.4 Å². The Morgan fingerprint density at radius 3 is 2.74 bits per heavy atom. The van der Waals surface area contributed by atoms with Crippen LogP contribution < -0.4 is 21.9 Å². The third kappa shape index (κ3) is 3.52. The van der Waals surface area contributed by atoms with Crippen molar-refractivity contribution in [1.82, 2.24) is 14.5 Å². The van der Waals surface area contributed by atoms with E-state index < -0.39 is 5.82 Å². The first-order valence-corrected chi connectivity index (χ1v) is 11.8. The van der Waals surface area contributed by atoms with Crippen molar-refractivity contribution in [3.8, 4) is 0 Å². The summed E-state index contributed by atoms with van der Waals surface area (Å²) in [6, 6.07) is 8.42. The maximum Gasteiger partial charge on any atom is 0.270 e. The number of benzene rings is 1. The number of fused-ring (bicyclic) bond motifs is 1. The maximum absolute atomic E-state index is 14.5. The Bertz CT molecular complexity index is 1370. The molecule has 3 aromatic rings.